The first-order valence-corrected chi connectivity index (χ1v) is 7.88. The topological polar surface area (TPSA) is 58.6 Å². The molecule has 0 amide bonds. The van der Waals surface area contributed by atoms with Gasteiger partial charge in [-0.2, -0.15) is 0 Å². The van der Waals surface area contributed by atoms with E-state index < -0.39 is 0 Å². The predicted octanol–water partition coefficient (Wildman–Crippen LogP) is 3.70. The highest BCUT2D eigenvalue weighted by Crippen LogP contribution is 2.35. The largest absolute Gasteiger partial charge is 0.310 e. The second-order valence-corrected chi connectivity index (χ2v) is 6.53. The number of nitrogens with zero attached hydrogens (tertiary/aromatic N) is 2. The monoisotopic (exact) mass is 311 g/mol. The number of benzene rings is 1. The summed E-state index contributed by atoms with van der Waals surface area (Å²) in [4.78, 5) is 26.0. The normalized spacial score (nSPS) is 11.1. The molecule has 0 aliphatic heterocycles. The molecular weight excluding hydrogens is 294 g/mol. The Balaban J connectivity index is 2.27. The van der Waals surface area contributed by atoms with Gasteiger partial charge in [0, 0.05) is 21.7 Å². The van der Waals surface area contributed by atoms with E-state index in [1.165, 1.54) is 0 Å². The van der Waals surface area contributed by atoms with Crippen LogP contribution in [0.2, 0.25) is 0 Å². The van der Waals surface area contributed by atoms with Crippen molar-refractivity contribution in [3.63, 3.8) is 0 Å². The molecule has 4 nitrogen and oxygen atoms in total. The van der Waals surface area contributed by atoms with Crippen molar-refractivity contribution in [3.05, 3.63) is 57.4 Å². The fourth-order valence-corrected chi connectivity index (χ4v) is 3.68. The molecule has 3 rings (SSSR count). The highest BCUT2D eigenvalue weighted by Gasteiger charge is 2.14. The standard InChI is InChI=1S/C17H17N3OS/c1-9-7-10(2)16(22-13-5-6-18-11(3)8-13)14-15(9)19-12(4)20-17(14)21/h5-8H,1-4H3,(H,19,20,21). The highest BCUT2D eigenvalue weighted by atomic mass is 32.2. The van der Waals surface area contributed by atoms with Crippen molar-refractivity contribution in [2.24, 2.45) is 0 Å². The zero-order valence-corrected chi connectivity index (χ0v) is 13.8. The van der Waals surface area contributed by atoms with Crippen LogP contribution in [0, 0.1) is 27.7 Å². The molecule has 3 aromatic rings. The number of nitrogens with one attached hydrogen (secondary N) is 1. The van der Waals surface area contributed by atoms with Crippen LogP contribution in [0.25, 0.3) is 10.9 Å². The third-order valence-corrected chi connectivity index (χ3v) is 4.74. The van der Waals surface area contributed by atoms with Gasteiger partial charge in [-0.05, 0) is 51.0 Å². The van der Waals surface area contributed by atoms with E-state index >= 15 is 0 Å². The van der Waals surface area contributed by atoms with E-state index in [-0.39, 0.29) is 5.56 Å². The Morgan fingerprint density at radius 3 is 2.59 bits per heavy atom. The van der Waals surface area contributed by atoms with Gasteiger partial charge in [0.25, 0.3) is 5.56 Å². The molecule has 1 aromatic carbocycles. The Hall–Kier alpha value is -2.14. The molecule has 2 aromatic heterocycles. The Morgan fingerprint density at radius 1 is 1.09 bits per heavy atom. The van der Waals surface area contributed by atoms with Crippen LogP contribution in [-0.4, -0.2) is 15.0 Å². The highest BCUT2D eigenvalue weighted by molar-refractivity contribution is 7.99. The molecule has 1 N–H and O–H groups in total. The number of hydrogen-bond acceptors (Lipinski definition) is 4. The molecule has 22 heavy (non-hydrogen) atoms. The van der Waals surface area contributed by atoms with Crippen molar-refractivity contribution in [3.8, 4) is 0 Å². The molecule has 0 aliphatic carbocycles. The number of hydrogen-bond donors (Lipinski definition) is 1. The molecule has 0 radical (unpaired) electrons. The third kappa shape index (κ3) is 2.64. The van der Waals surface area contributed by atoms with E-state index in [9.17, 15) is 4.79 Å². The summed E-state index contributed by atoms with van der Waals surface area (Å²) in [6, 6.07) is 6.06. The fraction of sp³-hybridized carbons (Fsp3) is 0.235. The van der Waals surface area contributed by atoms with E-state index in [1.54, 1.807) is 24.9 Å². The van der Waals surface area contributed by atoms with Crippen molar-refractivity contribution in [2.75, 3.05) is 0 Å². The molecule has 0 bridgehead atoms. The summed E-state index contributed by atoms with van der Waals surface area (Å²) in [5.74, 6) is 0.639. The van der Waals surface area contributed by atoms with E-state index in [4.69, 9.17) is 0 Å². The summed E-state index contributed by atoms with van der Waals surface area (Å²) in [6.07, 6.45) is 1.79. The predicted molar refractivity (Wildman–Crippen MR) is 89.7 cm³/mol. The van der Waals surface area contributed by atoms with Crippen molar-refractivity contribution in [1.29, 1.82) is 0 Å². The zero-order chi connectivity index (χ0) is 15.9. The summed E-state index contributed by atoms with van der Waals surface area (Å²) in [6.45, 7) is 7.79. The van der Waals surface area contributed by atoms with Gasteiger partial charge in [0.05, 0.1) is 10.9 Å². The molecule has 5 heteroatoms. The molecule has 0 atom stereocenters. The number of pyridine rings is 1. The fourth-order valence-electron chi connectivity index (χ4n) is 2.57. The molecule has 2 heterocycles. The maximum Gasteiger partial charge on any atom is 0.259 e. The summed E-state index contributed by atoms with van der Waals surface area (Å²) in [5.41, 5.74) is 3.77. The first-order chi connectivity index (χ1) is 10.5. The first kappa shape index (κ1) is 14.8. The summed E-state index contributed by atoms with van der Waals surface area (Å²) < 4.78 is 0. The van der Waals surface area contributed by atoms with Crippen LogP contribution in [0.1, 0.15) is 22.6 Å². The maximum absolute atomic E-state index is 12.5. The Labute approximate surface area is 133 Å². The Bertz CT molecular complexity index is 931. The van der Waals surface area contributed by atoms with Gasteiger partial charge in [-0.1, -0.05) is 17.8 Å². The average Bonchev–Trinajstić information content (AvgIpc) is 2.43. The van der Waals surface area contributed by atoms with Gasteiger partial charge in [-0.25, -0.2) is 4.98 Å². The lowest BCUT2D eigenvalue weighted by molar-refractivity contribution is 1.04. The first-order valence-electron chi connectivity index (χ1n) is 7.07. The van der Waals surface area contributed by atoms with Crippen LogP contribution in [0.4, 0.5) is 0 Å². The number of fused-ring (bicyclic) bond motifs is 1. The van der Waals surface area contributed by atoms with Gasteiger partial charge in [0.2, 0.25) is 0 Å². The van der Waals surface area contributed by atoms with Gasteiger partial charge < -0.3 is 4.98 Å². The van der Waals surface area contributed by atoms with Crippen LogP contribution in [0.3, 0.4) is 0 Å². The second kappa shape index (κ2) is 5.57. The molecule has 0 spiro atoms. The van der Waals surface area contributed by atoms with Crippen LogP contribution in [-0.2, 0) is 0 Å². The molecule has 0 saturated heterocycles. The lowest BCUT2D eigenvalue weighted by Gasteiger charge is -2.12. The molecular formula is C17H17N3OS. The quantitative estimate of drug-likeness (QED) is 0.784. The molecule has 0 saturated carbocycles. The van der Waals surface area contributed by atoms with Gasteiger partial charge in [-0.15, -0.1) is 0 Å². The van der Waals surface area contributed by atoms with Crippen molar-refractivity contribution < 1.29 is 0 Å². The third-order valence-electron chi connectivity index (χ3n) is 3.52. The number of aromatic nitrogens is 3. The minimum atomic E-state index is -0.0809. The number of aromatic amines is 1. The smallest absolute Gasteiger partial charge is 0.259 e. The summed E-state index contributed by atoms with van der Waals surface area (Å²) >= 11 is 1.59. The van der Waals surface area contributed by atoms with E-state index in [0.717, 1.165) is 32.1 Å². The van der Waals surface area contributed by atoms with Crippen molar-refractivity contribution >= 4 is 22.7 Å². The van der Waals surface area contributed by atoms with Gasteiger partial charge in [0.15, 0.2) is 0 Å². The maximum atomic E-state index is 12.5. The zero-order valence-electron chi connectivity index (χ0n) is 13.0. The lowest BCUT2D eigenvalue weighted by atomic mass is 10.1. The van der Waals surface area contributed by atoms with E-state index in [2.05, 4.69) is 21.0 Å². The van der Waals surface area contributed by atoms with Crippen molar-refractivity contribution in [2.45, 2.75) is 37.5 Å². The lowest BCUT2D eigenvalue weighted by Crippen LogP contribution is -2.12. The number of aryl methyl sites for hydroxylation is 4. The minimum Gasteiger partial charge on any atom is -0.310 e. The molecule has 112 valence electrons. The van der Waals surface area contributed by atoms with Gasteiger partial charge in [-0.3, -0.25) is 9.78 Å². The van der Waals surface area contributed by atoms with Gasteiger partial charge >= 0.3 is 0 Å². The average molecular weight is 311 g/mol. The Kier molecular flexibility index (Phi) is 3.74. The van der Waals surface area contributed by atoms with Crippen molar-refractivity contribution in [1.82, 2.24) is 15.0 Å². The van der Waals surface area contributed by atoms with E-state index in [0.29, 0.717) is 11.2 Å². The SMILES string of the molecule is Cc1cc(Sc2c(C)cc(C)c3nc(C)[nH]c(=O)c23)ccn1. The molecule has 0 unspecified atom stereocenters. The van der Waals surface area contributed by atoms with Crippen LogP contribution in [0.15, 0.2) is 39.0 Å². The van der Waals surface area contributed by atoms with Crippen LogP contribution < -0.4 is 5.56 Å². The summed E-state index contributed by atoms with van der Waals surface area (Å²) in [7, 11) is 0. The molecule has 0 fully saturated rings. The number of rotatable bonds is 2. The number of H-pyrrole nitrogens is 1. The Morgan fingerprint density at radius 2 is 1.86 bits per heavy atom. The van der Waals surface area contributed by atoms with Crippen LogP contribution in [0.5, 0.6) is 0 Å². The second-order valence-electron chi connectivity index (χ2n) is 5.45. The summed E-state index contributed by atoms with van der Waals surface area (Å²) in [5, 5.41) is 0.669. The van der Waals surface area contributed by atoms with Crippen LogP contribution >= 0.6 is 11.8 Å². The minimum absolute atomic E-state index is 0.0809. The molecule has 0 aliphatic rings. The van der Waals surface area contributed by atoms with Gasteiger partial charge in [0.1, 0.15) is 5.82 Å². The van der Waals surface area contributed by atoms with E-state index in [1.807, 2.05) is 32.9 Å².